The molecular formula is C16H14ClNO5S. The van der Waals surface area contributed by atoms with Crippen LogP contribution in [0.5, 0.6) is 0 Å². The molecule has 0 bridgehead atoms. The molecule has 2 aromatic rings. The second-order valence-corrected chi connectivity index (χ2v) is 7.44. The minimum absolute atomic E-state index is 0.00341. The Morgan fingerprint density at radius 3 is 2.29 bits per heavy atom. The summed E-state index contributed by atoms with van der Waals surface area (Å²) in [6, 6.07) is 11.9. The van der Waals surface area contributed by atoms with Gasteiger partial charge in [-0.1, -0.05) is 41.9 Å². The summed E-state index contributed by atoms with van der Waals surface area (Å²) in [5, 5.41) is 0.00341. The van der Waals surface area contributed by atoms with Gasteiger partial charge in [0.2, 0.25) is 6.10 Å². The lowest BCUT2D eigenvalue weighted by atomic mass is 10.1. The molecule has 0 spiro atoms. The molecule has 126 valence electrons. The van der Waals surface area contributed by atoms with E-state index >= 15 is 0 Å². The zero-order valence-corrected chi connectivity index (χ0v) is 14.2. The van der Waals surface area contributed by atoms with Gasteiger partial charge in [0.05, 0.1) is 15.5 Å². The molecule has 1 amide bonds. The van der Waals surface area contributed by atoms with Crippen molar-refractivity contribution in [2.45, 2.75) is 11.0 Å². The fourth-order valence-electron chi connectivity index (χ4n) is 1.98. The Labute approximate surface area is 144 Å². The number of benzene rings is 2. The third kappa shape index (κ3) is 4.12. The molecule has 0 aliphatic carbocycles. The third-order valence-electron chi connectivity index (χ3n) is 3.17. The van der Waals surface area contributed by atoms with Crippen LogP contribution in [-0.2, 0) is 19.4 Å². The molecule has 0 heterocycles. The number of esters is 1. The molecule has 2 N–H and O–H groups in total. The summed E-state index contributed by atoms with van der Waals surface area (Å²) in [6.07, 6.45) is -0.307. The quantitative estimate of drug-likeness (QED) is 0.815. The topological polar surface area (TPSA) is 104 Å². The monoisotopic (exact) mass is 367 g/mol. The van der Waals surface area contributed by atoms with E-state index in [9.17, 15) is 18.0 Å². The standard InChI is InChI=1S/C16H14ClNO5S/c1-24(21,22)11-7-8-13(17)12(9-11)16(20)23-14(15(18)19)10-5-3-2-4-6-10/h2-9,14H,1H3,(H2,18,19)/t14-/m1/s1. The number of hydrogen-bond donors (Lipinski definition) is 1. The maximum Gasteiger partial charge on any atom is 0.340 e. The normalized spacial score (nSPS) is 12.4. The SMILES string of the molecule is CS(=O)(=O)c1ccc(Cl)c(C(=O)O[C@@H](C(N)=O)c2ccccc2)c1. The van der Waals surface area contributed by atoms with Gasteiger partial charge in [-0.3, -0.25) is 4.79 Å². The van der Waals surface area contributed by atoms with E-state index in [1.54, 1.807) is 30.3 Å². The number of nitrogens with two attached hydrogens (primary N) is 1. The Bertz CT molecular complexity index is 881. The van der Waals surface area contributed by atoms with E-state index in [4.69, 9.17) is 22.1 Å². The van der Waals surface area contributed by atoms with Gasteiger partial charge in [0, 0.05) is 11.8 Å². The van der Waals surface area contributed by atoms with Gasteiger partial charge in [0.15, 0.2) is 9.84 Å². The molecule has 0 aliphatic rings. The van der Waals surface area contributed by atoms with Crippen LogP contribution in [0.3, 0.4) is 0 Å². The number of halogens is 1. The molecule has 2 rings (SSSR count). The van der Waals surface area contributed by atoms with E-state index in [1.165, 1.54) is 12.1 Å². The van der Waals surface area contributed by atoms with Crippen LogP contribution in [0.15, 0.2) is 53.4 Å². The van der Waals surface area contributed by atoms with Gasteiger partial charge >= 0.3 is 5.97 Å². The molecule has 0 aromatic heterocycles. The van der Waals surface area contributed by atoms with E-state index in [-0.39, 0.29) is 15.5 Å². The molecule has 0 saturated heterocycles. The number of hydrogen-bond acceptors (Lipinski definition) is 5. The molecule has 0 unspecified atom stereocenters. The average Bonchev–Trinajstić information content (AvgIpc) is 2.52. The molecule has 0 fully saturated rings. The fourth-order valence-corrected chi connectivity index (χ4v) is 2.82. The zero-order chi connectivity index (χ0) is 17.9. The van der Waals surface area contributed by atoms with Crippen molar-refractivity contribution in [3.05, 3.63) is 64.7 Å². The Morgan fingerprint density at radius 2 is 1.75 bits per heavy atom. The zero-order valence-electron chi connectivity index (χ0n) is 12.6. The maximum atomic E-state index is 12.3. The van der Waals surface area contributed by atoms with Gasteiger partial charge in [0.1, 0.15) is 0 Å². The summed E-state index contributed by atoms with van der Waals surface area (Å²) in [5.41, 5.74) is 5.52. The van der Waals surface area contributed by atoms with Gasteiger partial charge in [0.25, 0.3) is 5.91 Å². The van der Waals surface area contributed by atoms with E-state index < -0.39 is 27.8 Å². The first-order valence-corrected chi connectivity index (χ1v) is 9.02. The van der Waals surface area contributed by atoms with Crippen molar-refractivity contribution in [1.82, 2.24) is 0 Å². The Morgan fingerprint density at radius 1 is 1.12 bits per heavy atom. The first-order chi connectivity index (χ1) is 11.2. The fraction of sp³-hybridized carbons (Fsp3) is 0.125. The van der Waals surface area contributed by atoms with Gasteiger partial charge in [-0.25, -0.2) is 13.2 Å². The predicted molar refractivity (Wildman–Crippen MR) is 88.4 cm³/mol. The number of ether oxygens (including phenoxy) is 1. The van der Waals surface area contributed by atoms with E-state index in [0.717, 1.165) is 12.3 Å². The van der Waals surface area contributed by atoms with Gasteiger partial charge in [-0.05, 0) is 18.2 Å². The Hall–Kier alpha value is -2.38. The molecule has 0 radical (unpaired) electrons. The number of carbonyl (C=O) groups is 2. The van der Waals surface area contributed by atoms with Crippen LogP contribution in [0.1, 0.15) is 22.0 Å². The van der Waals surface area contributed by atoms with Crippen molar-refractivity contribution in [1.29, 1.82) is 0 Å². The molecule has 24 heavy (non-hydrogen) atoms. The van der Waals surface area contributed by atoms with E-state index in [0.29, 0.717) is 5.56 Å². The van der Waals surface area contributed by atoms with Crippen LogP contribution in [0.25, 0.3) is 0 Å². The summed E-state index contributed by atoms with van der Waals surface area (Å²) >= 11 is 5.94. The Balaban J connectivity index is 2.36. The smallest absolute Gasteiger partial charge is 0.340 e. The molecule has 0 aliphatic heterocycles. The van der Waals surface area contributed by atoms with Crippen molar-refractivity contribution in [2.24, 2.45) is 5.73 Å². The summed E-state index contributed by atoms with van der Waals surface area (Å²) < 4.78 is 28.3. The number of carbonyl (C=O) groups excluding carboxylic acids is 2. The van der Waals surface area contributed by atoms with Crippen molar-refractivity contribution in [3.63, 3.8) is 0 Å². The lowest BCUT2D eigenvalue weighted by Gasteiger charge is -2.15. The molecule has 8 heteroatoms. The van der Waals surface area contributed by atoms with E-state index in [1.807, 2.05) is 0 Å². The molecular weight excluding hydrogens is 354 g/mol. The number of rotatable bonds is 5. The number of primary amides is 1. The minimum Gasteiger partial charge on any atom is -0.444 e. The lowest BCUT2D eigenvalue weighted by Crippen LogP contribution is -2.26. The largest absolute Gasteiger partial charge is 0.444 e. The predicted octanol–water partition coefficient (Wildman–Crippen LogP) is 2.13. The summed E-state index contributed by atoms with van der Waals surface area (Å²) in [4.78, 5) is 23.8. The van der Waals surface area contributed by atoms with E-state index in [2.05, 4.69) is 0 Å². The van der Waals surface area contributed by atoms with Crippen molar-refractivity contribution in [2.75, 3.05) is 6.26 Å². The van der Waals surface area contributed by atoms with Crippen LogP contribution < -0.4 is 5.73 Å². The Kier molecular flexibility index (Phi) is 5.26. The number of amides is 1. The highest BCUT2D eigenvalue weighted by Crippen LogP contribution is 2.24. The molecule has 1 atom stereocenters. The van der Waals surface area contributed by atoms with Crippen molar-refractivity contribution in [3.8, 4) is 0 Å². The molecule has 6 nitrogen and oxygen atoms in total. The highest BCUT2D eigenvalue weighted by atomic mass is 35.5. The summed E-state index contributed by atoms with van der Waals surface area (Å²) in [6.45, 7) is 0. The highest BCUT2D eigenvalue weighted by molar-refractivity contribution is 7.90. The average molecular weight is 368 g/mol. The second-order valence-electron chi connectivity index (χ2n) is 5.01. The van der Waals surface area contributed by atoms with Crippen LogP contribution in [0.4, 0.5) is 0 Å². The van der Waals surface area contributed by atoms with Crippen LogP contribution in [-0.4, -0.2) is 26.6 Å². The summed E-state index contributed by atoms with van der Waals surface area (Å²) in [7, 11) is -3.53. The second kappa shape index (κ2) is 7.02. The van der Waals surface area contributed by atoms with Crippen molar-refractivity contribution >= 4 is 33.3 Å². The van der Waals surface area contributed by atoms with Gasteiger partial charge < -0.3 is 10.5 Å². The minimum atomic E-state index is -3.53. The van der Waals surface area contributed by atoms with Crippen LogP contribution in [0.2, 0.25) is 5.02 Å². The third-order valence-corrected chi connectivity index (χ3v) is 4.61. The van der Waals surface area contributed by atoms with Gasteiger partial charge in [-0.2, -0.15) is 0 Å². The number of sulfone groups is 1. The lowest BCUT2D eigenvalue weighted by molar-refractivity contribution is -0.127. The first-order valence-electron chi connectivity index (χ1n) is 6.75. The molecule has 0 saturated carbocycles. The maximum absolute atomic E-state index is 12.3. The van der Waals surface area contributed by atoms with Gasteiger partial charge in [-0.15, -0.1) is 0 Å². The summed E-state index contributed by atoms with van der Waals surface area (Å²) in [5.74, 6) is -1.80. The first kappa shape index (κ1) is 18.0. The highest BCUT2D eigenvalue weighted by Gasteiger charge is 2.25. The van der Waals surface area contributed by atoms with Crippen LogP contribution >= 0.6 is 11.6 Å². The molecule has 2 aromatic carbocycles. The van der Waals surface area contributed by atoms with Crippen molar-refractivity contribution < 1.29 is 22.7 Å². The van der Waals surface area contributed by atoms with Crippen LogP contribution in [0, 0.1) is 0 Å².